The van der Waals surface area contributed by atoms with E-state index in [2.05, 4.69) is 20.1 Å². The number of rotatable bonds is 7. The molecule has 0 fully saturated rings. The van der Waals surface area contributed by atoms with Gasteiger partial charge in [-0.05, 0) is 24.3 Å². The average molecular weight is 371 g/mol. The summed E-state index contributed by atoms with van der Waals surface area (Å²) in [5.41, 5.74) is 0.682. The standard InChI is InChI=1S/C17H17N5O3S/c23-17(10-11-22-13-18-12-19-22)20-15-8-4-5-9-16(15)21-26(24,25)14-6-2-1-3-7-14/h1-9,12-13,21H,10-11H2,(H,20,23). The zero-order valence-electron chi connectivity index (χ0n) is 13.7. The minimum Gasteiger partial charge on any atom is -0.324 e. The highest BCUT2D eigenvalue weighted by Crippen LogP contribution is 2.24. The molecule has 0 aliphatic heterocycles. The highest BCUT2D eigenvalue weighted by atomic mass is 32.2. The topological polar surface area (TPSA) is 106 Å². The molecule has 2 aromatic carbocycles. The summed E-state index contributed by atoms with van der Waals surface area (Å²) in [6.07, 6.45) is 3.10. The first-order chi connectivity index (χ1) is 12.5. The summed E-state index contributed by atoms with van der Waals surface area (Å²) in [4.78, 5) is 16.1. The number of hydrogen-bond donors (Lipinski definition) is 2. The van der Waals surface area contributed by atoms with Crippen LogP contribution in [-0.2, 0) is 21.4 Å². The van der Waals surface area contributed by atoms with Gasteiger partial charge in [0.05, 0.1) is 22.8 Å². The average Bonchev–Trinajstić information content (AvgIpc) is 3.16. The number of nitrogens with zero attached hydrogens (tertiary/aromatic N) is 3. The number of para-hydroxylation sites is 2. The third-order valence-corrected chi connectivity index (χ3v) is 4.91. The molecule has 0 saturated heterocycles. The van der Waals surface area contributed by atoms with E-state index in [4.69, 9.17) is 0 Å². The molecule has 0 aliphatic rings. The lowest BCUT2D eigenvalue weighted by Crippen LogP contribution is -2.18. The van der Waals surface area contributed by atoms with Crippen molar-refractivity contribution in [2.45, 2.75) is 17.9 Å². The number of carbonyl (C=O) groups excluding carboxylic acids is 1. The number of sulfonamides is 1. The highest BCUT2D eigenvalue weighted by Gasteiger charge is 2.16. The van der Waals surface area contributed by atoms with Crippen LogP contribution in [0.25, 0.3) is 0 Å². The SMILES string of the molecule is O=C(CCn1cncn1)Nc1ccccc1NS(=O)(=O)c1ccccc1. The number of aryl methyl sites for hydroxylation is 1. The van der Waals surface area contributed by atoms with Crippen LogP contribution in [0.15, 0.2) is 72.1 Å². The zero-order chi connectivity index (χ0) is 18.4. The molecule has 0 aliphatic carbocycles. The second kappa shape index (κ2) is 7.79. The van der Waals surface area contributed by atoms with Crippen molar-refractivity contribution in [1.82, 2.24) is 14.8 Å². The molecule has 2 N–H and O–H groups in total. The van der Waals surface area contributed by atoms with Crippen molar-refractivity contribution in [2.75, 3.05) is 10.0 Å². The van der Waals surface area contributed by atoms with Gasteiger partial charge in [-0.25, -0.2) is 13.4 Å². The Kier molecular flexibility index (Phi) is 5.28. The largest absolute Gasteiger partial charge is 0.324 e. The zero-order valence-corrected chi connectivity index (χ0v) is 14.6. The molecule has 9 heteroatoms. The maximum atomic E-state index is 12.5. The Labute approximate surface area is 150 Å². The first kappa shape index (κ1) is 17.6. The number of carbonyl (C=O) groups is 1. The first-order valence-corrected chi connectivity index (χ1v) is 9.32. The van der Waals surface area contributed by atoms with Crippen LogP contribution in [0, 0.1) is 0 Å². The van der Waals surface area contributed by atoms with Gasteiger partial charge in [0.2, 0.25) is 5.91 Å². The Morgan fingerprint density at radius 1 is 1.00 bits per heavy atom. The molecule has 1 aromatic heterocycles. The van der Waals surface area contributed by atoms with Crippen molar-refractivity contribution >= 4 is 27.3 Å². The van der Waals surface area contributed by atoms with E-state index in [0.717, 1.165) is 0 Å². The number of aromatic nitrogens is 3. The van der Waals surface area contributed by atoms with Crippen LogP contribution in [0.5, 0.6) is 0 Å². The Balaban J connectivity index is 1.71. The summed E-state index contributed by atoms with van der Waals surface area (Å²) in [7, 11) is -3.74. The molecular formula is C17H17N5O3S. The normalized spacial score (nSPS) is 11.1. The molecule has 1 amide bonds. The summed E-state index contributed by atoms with van der Waals surface area (Å²) in [5, 5.41) is 6.65. The Morgan fingerprint density at radius 2 is 1.69 bits per heavy atom. The first-order valence-electron chi connectivity index (χ1n) is 7.84. The maximum Gasteiger partial charge on any atom is 0.261 e. The Morgan fingerprint density at radius 3 is 2.38 bits per heavy atom. The molecule has 0 saturated carbocycles. The summed E-state index contributed by atoms with van der Waals surface area (Å²) in [5.74, 6) is -0.258. The van der Waals surface area contributed by atoms with Crippen LogP contribution in [0.2, 0.25) is 0 Å². The summed E-state index contributed by atoms with van der Waals surface area (Å²) in [6.45, 7) is 0.379. The quantitative estimate of drug-likeness (QED) is 0.662. The molecule has 0 radical (unpaired) electrons. The second-order valence-electron chi connectivity index (χ2n) is 5.42. The van der Waals surface area contributed by atoms with Gasteiger partial charge in [-0.3, -0.25) is 14.2 Å². The molecule has 3 aromatic rings. The summed E-state index contributed by atoms with van der Waals surface area (Å²) in [6, 6.07) is 14.7. The van der Waals surface area contributed by atoms with Crippen molar-refractivity contribution in [3.63, 3.8) is 0 Å². The number of benzene rings is 2. The van der Waals surface area contributed by atoms with Gasteiger partial charge in [0.1, 0.15) is 12.7 Å². The molecule has 8 nitrogen and oxygen atoms in total. The number of hydrogen-bond acceptors (Lipinski definition) is 5. The van der Waals surface area contributed by atoms with Crippen molar-refractivity contribution in [3.05, 3.63) is 67.3 Å². The van der Waals surface area contributed by atoms with E-state index in [0.29, 0.717) is 17.9 Å². The highest BCUT2D eigenvalue weighted by molar-refractivity contribution is 7.92. The van der Waals surface area contributed by atoms with Crippen LogP contribution in [0.1, 0.15) is 6.42 Å². The molecule has 0 spiro atoms. The van der Waals surface area contributed by atoms with Gasteiger partial charge in [0, 0.05) is 6.42 Å². The molecule has 0 bridgehead atoms. The third-order valence-electron chi connectivity index (χ3n) is 3.53. The molecule has 0 atom stereocenters. The second-order valence-corrected chi connectivity index (χ2v) is 7.10. The molecule has 26 heavy (non-hydrogen) atoms. The van der Waals surface area contributed by atoms with Crippen molar-refractivity contribution in [2.24, 2.45) is 0 Å². The van der Waals surface area contributed by atoms with Crippen LogP contribution in [0.4, 0.5) is 11.4 Å². The predicted molar refractivity (Wildman–Crippen MR) is 97.0 cm³/mol. The molecular weight excluding hydrogens is 354 g/mol. The fourth-order valence-electron chi connectivity index (χ4n) is 2.26. The number of amides is 1. The summed E-state index contributed by atoms with van der Waals surface area (Å²) < 4.78 is 29.0. The smallest absolute Gasteiger partial charge is 0.261 e. The lowest BCUT2D eigenvalue weighted by molar-refractivity contribution is -0.116. The molecule has 0 unspecified atom stereocenters. The van der Waals surface area contributed by atoms with E-state index in [1.165, 1.54) is 24.8 Å². The van der Waals surface area contributed by atoms with E-state index in [1.54, 1.807) is 47.1 Å². The lowest BCUT2D eigenvalue weighted by atomic mass is 10.2. The fraction of sp³-hybridized carbons (Fsp3) is 0.118. The summed E-state index contributed by atoms with van der Waals surface area (Å²) >= 11 is 0. The Hall–Kier alpha value is -3.20. The van der Waals surface area contributed by atoms with Gasteiger partial charge in [0.25, 0.3) is 10.0 Å². The number of anilines is 2. The van der Waals surface area contributed by atoms with Crippen molar-refractivity contribution < 1.29 is 13.2 Å². The van der Waals surface area contributed by atoms with Crippen LogP contribution < -0.4 is 10.0 Å². The van der Waals surface area contributed by atoms with E-state index in [-0.39, 0.29) is 17.2 Å². The van der Waals surface area contributed by atoms with E-state index >= 15 is 0 Å². The molecule has 1 heterocycles. The predicted octanol–water partition coefficient (Wildman–Crippen LogP) is 2.11. The third kappa shape index (κ3) is 4.45. The lowest BCUT2D eigenvalue weighted by Gasteiger charge is -2.13. The van der Waals surface area contributed by atoms with Gasteiger partial charge in [-0.1, -0.05) is 30.3 Å². The van der Waals surface area contributed by atoms with Crippen LogP contribution in [0.3, 0.4) is 0 Å². The van der Waals surface area contributed by atoms with Crippen LogP contribution in [-0.4, -0.2) is 29.1 Å². The van der Waals surface area contributed by atoms with Gasteiger partial charge >= 0.3 is 0 Å². The van der Waals surface area contributed by atoms with Gasteiger partial charge in [-0.15, -0.1) is 0 Å². The fourth-order valence-corrected chi connectivity index (χ4v) is 3.36. The number of nitrogens with one attached hydrogen (secondary N) is 2. The van der Waals surface area contributed by atoms with E-state index < -0.39 is 10.0 Å². The van der Waals surface area contributed by atoms with E-state index in [9.17, 15) is 13.2 Å². The van der Waals surface area contributed by atoms with Gasteiger partial charge < -0.3 is 5.32 Å². The Bertz CT molecular complexity index is 973. The van der Waals surface area contributed by atoms with E-state index in [1.807, 2.05) is 0 Å². The van der Waals surface area contributed by atoms with Crippen molar-refractivity contribution in [1.29, 1.82) is 0 Å². The maximum absolute atomic E-state index is 12.5. The monoisotopic (exact) mass is 371 g/mol. The van der Waals surface area contributed by atoms with Crippen LogP contribution >= 0.6 is 0 Å². The minimum absolute atomic E-state index is 0.146. The molecule has 3 rings (SSSR count). The van der Waals surface area contributed by atoms with Gasteiger partial charge in [-0.2, -0.15) is 5.10 Å². The minimum atomic E-state index is -3.74. The van der Waals surface area contributed by atoms with Crippen molar-refractivity contribution in [3.8, 4) is 0 Å². The van der Waals surface area contributed by atoms with Gasteiger partial charge in [0.15, 0.2) is 0 Å². The molecule has 134 valence electrons.